The molecule has 1 aromatic heterocycles. The van der Waals surface area contributed by atoms with Crippen LogP contribution in [0.3, 0.4) is 0 Å². The third-order valence-electron chi connectivity index (χ3n) is 5.88. The molecule has 30 heavy (non-hydrogen) atoms. The van der Waals surface area contributed by atoms with Gasteiger partial charge in [-0.25, -0.2) is 0 Å². The first-order chi connectivity index (χ1) is 14.5. The fourth-order valence-corrected chi connectivity index (χ4v) is 5.27. The Bertz CT molecular complexity index is 1140. The fourth-order valence-electron chi connectivity index (χ4n) is 4.15. The van der Waals surface area contributed by atoms with E-state index in [1.807, 2.05) is 30.3 Å². The molecule has 154 valence electrons. The van der Waals surface area contributed by atoms with Crippen LogP contribution in [-0.2, 0) is 6.42 Å². The first-order valence-electron chi connectivity index (χ1n) is 10.1. The zero-order valence-electron chi connectivity index (χ0n) is 16.7. The number of nitrogens with zero attached hydrogens (tertiary/aromatic N) is 2. The Kier molecular flexibility index (Phi) is 4.66. The summed E-state index contributed by atoms with van der Waals surface area (Å²) in [5.41, 5.74) is 5.08. The summed E-state index contributed by atoms with van der Waals surface area (Å²) in [6.07, 6.45) is 3.74. The lowest BCUT2D eigenvalue weighted by Crippen LogP contribution is -2.40. The number of fused-ring (bicyclic) bond motifs is 1. The summed E-state index contributed by atoms with van der Waals surface area (Å²) in [6.45, 7) is 0. The Hall–Kier alpha value is -2.66. The molecule has 0 unspecified atom stereocenters. The van der Waals surface area contributed by atoms with Gasteiger partial charge >= 0.3 is 0 Å². The van der Waals surface area contributed by atoms with Gasteiger partial charge in [0.25, 0.3) is 5.91 Å². The number of hydrogen-bond donors (Lipinski definition) is 3. The van der Waals surface area contributed by atoms with Gasteiger partial charge in [0.2, 0.25) is 0 Å². The van der Waals surface area contributed by atoms with Crippen molar-refractivity contribution in [2.45, 2.75) is 31.6 Å². The van der Waals surface area contributed by atoms with Gasteiger partial charge in [0, 0.05) is 23.6 Å². The van der Waals surface area contributed by atoms with Gasteiger partial charge < -0.3 is 19.9 Å². The first-order valence-corrected chi connectivity index (χ1v) is 11.1. The normalized spacial score (nSPS) is 18.0. The average Bonchev–Trinajstić information content (AvgIpc) is 3.37. The third-order valence-corrected chi connectivity index (χ3v) is 7.03. The lowest BCUT2D eigenvalue weighted by molar-refractivity contribution is -0.143. The molecule has 0 bridgehead atoms. The summed E-state index contributed by atoms with van der Waals surface area (Å²) in [7, 11) is 1.66. The third kappa shape index (κ3) is 3.31. The molecule has 5 rings (SSSR count). The minimum Gasteiger partial charge on any atom is -0.497 e. The average molecular weight is 422 g/mol. The summed E-state index contributed by atoms with van der Waals surface area (Å²) in [4.78, 5) is 3.43. The van der Waals surface area contributed by atoms with E-state index in [1.165, 1.54) is 29.1 Å². The van der Waals surface area contributed by atoms with Crippen molar-refractivity contribution >= 4 is 28.5 Å². The highest BCUT2D eigenvalue weighted by atomic mass is 32.2. The fraction of sp³-hybridized carbons (Fsp3) is 0.348. The molecule has 3 aromatic rings. The van der Waals surface area contributed by atoms with Crippen molar-refractivity contribution in [3.05, 3.63) is 47.5 Å². The number of methoxy groups -OCH3 is 1. The lowest BCUT2D eigenvalue weighted by atomic mass is 9.98. The van der Waals surface area contributed by atoms with Crippen molar-refractivity contribution in [3.8, 4) is 23.1 Å². The summed E-state index contributed by atoms with van der Waals surface area (Å²) < 4.78 is 7.01. The molecule has 2 heterocycles. The smallest absolute Gasteiger partial charge is 0.257 e. The number of anilines is 1. The molecule has 0 amide bonds. The van der Waals surface area contributed by atoms with Gasteiger partial charge in [-0.3, -0.25) is 4.31 Å². The minimum absolute atomic E-state index is 0.297. The van der Waals surface area contributed by atoms with Crippen LogP contribution in [0.2, 0.25) is 0 Å². The monoisotopic (exact) mass is 421 g/mol. The zero-order valence-corrected chi connectivity index (χ0v) is 17.5. The van der Waals surface area contributed by atoms with E-state index in [2.05, 4.69) is 17.1 Å². The molecule has 1 aliphatic carbocycles. The lowest BCUT2D eigenvalue weighted by Gasteiger charge is -2.28. The molecule has 0 spiro atoms. The zero-order chi connectivity index (χ0) is 20.9. The van der Waals surface area contributed by atoms with Crippen LogP contribution in [0.4, 0.5) is 5.69 Å². The van der Waals surface area contributed by atoms with Crippen molar-refractivity contribution in [2.24, 2.45) is 5.92 Å². The number of rotatable bonds is 5. The van der Waals surface area contributed by atoms with Crippen LogP contribution in [0.1, 0.15) is 30.4 Å². The van der Waals surface area contributed by atoms with Crippen LogP contribution in [0.25, 0.3) is 22.2 Å². The number of aromatic amines is 1. The van der Waals surface area contributed by atoms with Crippen molar-refractivity contribution in [3.63, 3.8) is 0 Å². The molecule has 2 fully saturated rings. The molecule has 6 nitrogen and oxygen atoms in total. The van der Waals surface area contributed by atoms with Gasteiger partial charge in [0.05, 0.1) is 29.6 Å². The van der Waals surface area contributed by atoms with Crippen molar-refractivity contribution in [1.82, 2.24) is 4.98 Å². The summed E-state index contributed by atoms with van der Waals surface area (Å²) in [6, 6.07) is 13.9. The number of hydrogen-bond acceptors (Lipinski definition) is 6. The maximum Gasteiger partial charge on any atom is 0.257 e. The number of aliphatic hydroxyl groups is 2. The highest BCUT2D eigenvalue weighted by Gasteiger charge is 2.38. The number of benzene rings is 2. The highest BCUT2D eigenvalue weighted by molar-refractivity contribution is 8.00. The number of H-pyrrole nitrogens is 1. The molecule has 1 aliphatic heterocycles. The largest absolute Gasteiger partial charge is 0.497 e. The van der Waals surface area contributed by atoms with Crippen LogP contribution in [0, 0.1) is 17.2 Å². The molecule has 1 saturated carbocycles. The summed E-state index contributed by atoms with van der Waals surface area (Å²) in [5, 5.41) is 31.2. The highest BCUT2D eigenvalue weighted by Crippen LogP contribution is 2.41. The van der Waals surface area contributed by atoms with E-state index in [9.17, 15) is 15.5 Å². The molecule has 1 saturated heterocycles. The minimum atomic E-state index is -1.83. The second-order valence-electron chi connectivity index (χ2n) is 8.04. The topological polar surface area (TPSA) is 92.5 Å². The van der Waals surface area contributed by atoms with E-state index in [4.69, 9.17) is 4.74 Å². The van der Waals surface area contributed by atoms with Gasteiger partial charge in [-0.1, -0.05) is 12.1 Å². The van der Waals surface area contributed by atoms with Crippen LogP contribution >= 0.6 is 11.9 Å². The molecule has 3 N–H and O–H groups in total. The van der Waals surface area contributed by atoms with Gasteiger partial charge in [0.1, 0.15) is 11.8 Å². The van der Waals surface area contributed by atoms with Crippen molar-refractivity contribution in [2.75, 3.05) is 17.2 Å². The molecule has 2 aliphatic rings. The van der Waals surface area contributed by atoms with E-state index in [0.717, 1.165) is 45.6 Å². The second kappa shape index (κ2) is 7.24. The Morgan fingerprint density at radius 1 is 1.27 bits per heavy atom. The van der Waals surface area contributed by atoms with E-state index in [1.54, 1.807) is 7.11 Å². The molecule has 7 heteroatoms. The number of nitriles is 1. The maximum atomic E-state index is 10.1. The summed E-state index contributed by atoms with van der Waals surface area (Å²) >= 11 is 1.39. The van der Waals surface area contributed by atoms with Gasteiger partial charge in [-0.2, -0.15) is 5.26 Å². The summed E-state index contributed by atoms with van der Waals surface area (Å²) in [5.74, 6) is 0.305. The Morgan fingerprint density at radius 2 is 2.03 bits per heavy atom. The second-order valence-corrected chi connectivity index (χ2v) is 9.07. The maximum absolute atomic E-state index is 10.1. The first kappa shape index (κ1) is 19.3. The van der Waals surface area contributed by atoms with Crippen LogP contribution in [0.5, 0.6) is 5.75 Å². The Labute approximate surface area is 179 Å². The van der Waals surface area contributed by atoms with E-state index >= 15 is 0 Å². The van der Waals surface area contributed by atoms with Gasteiger partial charge in [-0.05, 0) is 66.5 Å². The molecular weight excluding hydrogens is 398 g/mol. The number of aromatic nitrogens is 1. The van der Waals surface area contributed by atoms with E-state index in [-0.39, 0.29) is 0 Å². The van der Waals surface area contributed by atoms with Crippen molar-refractivity contribution in [1.29, 1.82) is 5.26 Å². The van der Waals surface area contributed by atoms with Gasteiger partial charge in [-0.15, -0.1) is 0 Å². The molecular formula is C23H23N3O3S. The molecule has 0 radical (unpaired) electrons. The number of ether oxygens (including phenoxy) is 1. The van der Waals surface area contributed by atoms with E-state index in [0.29, 0.717) is 23.7 Å². The number of nitrogens with one attached hydrogen (secondary N) is 1. The van der Waals surface area contributed by atoms with Crippen LogP contribution in [0.15, 0.2) is 36.4 Å². The van der Waals surface area contributed by atoms with Crippen LogP contribution in [-0.4, -0.2) is 34.0 Å². The quantitative estimate of drug-likeness (QED) is 0.423. The van der Waals surface area contributed by atoms with Crippen LogP contribution < -0.4 is 9.04 Å². The van der Waals surface area contributed by atoms with Crippen molar-refractivity contribution < 1.29 is 14.9 Å². The predicted molar refractivity (Wildman–Crippen MR) is 118 cm³/mol. The predicted octanol–water partition coefficient (Wildman–Crippen LogP) is 4.16. The SMILES string of the molecule is COc1cc(CC2CC2)c2c(C#N)c(-c3ccc(N4SCCC4(O)O)cc3)[nH]c2c1. The molecule has 0 atom stereocenters. The van der Waals surface area contributed by atoms with Gasteiger partial charge in [0.15, 0.2) is 0 Å². The standard InChI is InChI=1S/C23H23N3O3S/c1-29-18-11-16(10-14-2-3-14)21-19(13-24)22(25-20(21)12-18)15-4-6-17(7-5-15)26-23(27,28)8-9-30-26/h4-7,11-12,14,25,27-28H,2-3,8-10H2,1H3. The van der Waals surface area contributed by atoms with E-state index < -0.39 is 5.91 Å². The Balaban J connectivity index is 1.58. The Morgan fingerprint density at radius 3 is 2.63 bits per heavy atom. The molecule has 2 aromatic carbocycles.